The second kappa shape index (κ2) is 8.61. The van der Waals surface area contributed by atoms with Gasteiger partial charge in [-0.1, -0.05) is 0 Å². The Balaban J connectivity index is 0.00000208. The van der Waals surface area contributed by atoms with Gasteiger partial charge in [-0.2, -0.15) is 0 Å². The summed E-state index contributed by atoms with van der Waals surface area (Å²) in [4.78, 5) is 8.22. The smallest absolute Gasteiger partial charge is 0.194 e. The first-order valence-corrected chi connectivity index (χ1v) is 9.25. The fraction of sp³-hybridized carbons (Fsp3) is 0.533. The molecule has 132 valence electrons. The molecule has 1 N–H and O–H groups in total. The molecular formula is C15H22BrIN6S. The van der Waals surface area contributed by atoms with E-state index in [1.54, 1.807) is 11.3 Å². The van der Waals surface area contributed by atoms with E-state index >= 15 is 0 Å². The van der Waals surface area contributed by atoms with E-state index in [4.69, 9.17) is 4.99 Å². The number of aryl methyl sites for hydroxylation is 1. The van der Waals surface area contributed by atoms with Gasteiger partial charge < -0.3 is 14.8 Å². The standard InChI is InChI=1S/C15H21BrN6S.HI/c1-10-19-20-14(22(10)3)8-17-15(18-11-4-5-11)21(2)9-12-6-7-13(16)23-12;/h6-7,11H,4-5,8-9H2,1-3H3,(H,17,18);1H. The van der Waals surface area contributed by atoms with Crippen molar-refractivity contribution in [2.45, 2.75) is 38.9 Å². The minimum Gasteiger partial charge on any atom is -0.353 e. The van der Waals surface area contributed by atoms with Gasteiger partial charge in [-0.3, -0.25) is 0 Å². The molecular weight excluding hydrogens is 503 g/mol. The largest absolute Gasteiger partial charge is 0.353 e. The molecule has 2 aromatic rings. The predicted molar refractivity (Wildman–Crippen MR) is 112 cm³/mol. The van der Waals surface area contributed by atoms with Crippen molar-refractivity contribution in [2.24, 2.45) is 12.0 Å². The lowest BCUT2D eigenvalue weighted by Crippen LogP contribution is -2.39. The molecule has 2 heterocycles. The predicted octanol–water partition coefficient (Wildman–Crippen LogP) is 3.31. The average Bonchev–Trinajstić information content (AvgIpc) is 3.17. The van der Waals surface area contributed by atoms with Crippen molar-refractivity contribution in [3.8, 4) is 0 Å². The SMILES string of the molecule is Cc1nnc(CN=C(NC2CC2)N(C)Cc2ccc(Br)s2)n1C.I. The van der Waals surface area contributed by atoms with Crippen LogP contribution in [0.5, 0.6) is 0 Å². The molecule has 3 rings (SSSR count). The maximum atomic E-state index is 4.75. The quantitative estimate of drug-likeness (QED) is 0.370. The molecule has 0 bridgehead atoms. The topological polar surface area (TPSA) is 58.3 Å². The van der Waals surface area contributed by atoms with Crippen LogP contribution in [0, 0.1) is 6.92 Å². The molecule has 2 aromatic heterocycles. The average molecular weight is 525 g/mol. The summed E-state index contributed by atoms with van der Waals surface area (Å²) in [7, 11) is 4.05. The van der Waals surface area contributed by atoms with Gasteiger partial charge in [0.2, 0.25) is 0 Å². The maximum absolute atomic E-state index is 4.75. The number of guanidine groups is 1. The fourth-order valence-corrected chi connectivity index (χ4v) is 3.70. The Morgan fingerprint density at radius 2 is 2.21 bits per heavy atom. The highest BCUT2D eigenvalue weighted by atomic mass is 127. The molecule has 0 amide bonds. The van der Waals surface area contributed by atoms with Crippen molar-refractivity contribution in [3.63, 3.8) is 0 Å². The third-order valence-corrected chi connectivity index (χ3v) is 5.46. The van der Waals surface area contributed by atoms with E-state index in [1.807, 2.05) is 18.5 Å². The van der Waals surface area contributed by atoms with Gasteiger partial charge in [0, 0.05) is 25.0 Å². The molecule has 24 heavy (non-hydrogen) atoms. The molecule has 1 saturated carbocycles. The normalized spacial score (nSPS) is 14.4. The summed E-state index contributed by atoms with van der Waals surface area (Å²) >= 11 is 5.27. The van der Waals surface area contributed by atoms with Crippen LogP contribution in [0.3, 0.4) is 0 Å². The van der Waals surface area contributed by atoms with E-state index in [9.17, 15) is 0 Å². The van der Waals surface area contributed by atoms with Gasteiger partial charge in [-0.15, -0.1) is 45.5 Å². The van der Waals surface area contributed by atoms with Gasteiger partial charge in [-0.05, 0) is 47.8 Å². The Bertz CT molecular complexity index is 709. The fourth-order valence-electron chi connectivity index (χ4n) is 2.17. The molecule has 6 nitrogen and oxygen atoms in total. The number of aliphatic imine (C=N–C) groups is 1. The van der Waals surface area contributed by atoms with Crippen LogP contribution in [0.2, 0.25) is 0 Å². The van der Waals surface area contributed by atoms with Crippen LogP contribution in [0.4, 0.5) is 0 Å². The lowest BCUT2D eigenvalue weighted by atomic mass is 10.4. The summed E-state index contributed by atoms with van der Waals surface area (Å²) < 4.78 is 3.14. The first kappa shape index (κ1) is 19.6. The molecule has 1 fully saturated rings. The number of aromatic nitrogens is 3. The highest BCUT2D eigenvalue weighted by Crippen LogP contribution is 2.23. The van der Waals surface area contributed by atoms with Gasteiger partial charge in [0.25, 0.3) is 0 Å². The molecule has 0 saturated heterocycles. The van der Waals surface area contributed by atoms with Crippen molar-refractivity contribution < 1.29 is 0 Å². The number of hydrogen-bond acceptors (Lipinski definition) is 4. The number of thiophene rings is 1. The van der Waals surface area contributed by atoms with E-state index in [2.05, 4.69) is 55.5 Å². The summed E-state index contributed by atoms with van der Waals surface area (Å²) in [6, 6.07) is 4.79. The van der Waals surface area contributed by atoms with Crippen molar-refractivity contribution >= 4 is 57.2 Å². The van der Waals surface area contributed by atoms with Crippen LogP contribution in [-0.4, -0.2) is 38.7 Å². The van der Waals surface area contributed by atoms with E-state index in [0.29, 0.717) is 12.6 Å². The molecule has 1 aliphatic carbocycles. The Hall–Kier alpha value is -0.680. The summed E-state index contributed by atoms with van der Waals surface area (Å²) in [5, 5.41) is 11.8. The van der Waals surface area contributed by atoms with Crippen molar-refractivity contribution in [3.05, 3.63) is 32.4 Å². The highest BCUT2D eigenvalue weighted by molar-refractivity contribution is 14.0. The van der Waals surface area contributed by atoms with Crippen molar-refractivity contribution in [1.29, 1.82) is 0 Å². The lowest BCUT2D eigenvalue weighted by molar-refractivity contribution is 0.478. The maximum Gasteiger partial charge on any atom is 0.194 e. The van der Waals surface area contributed by atoms with Crippen molar-refractivity contribution in [2.75, 3.05) is 7.05 Å². The summed E-state index contributed by atoms with van der Waals surface area (Å²) in [6.07, 6.45) is 2.45. The monoisotopic (exact) mass is 524 g/mol. The third-order valence-electron chi connectivity index (χ3n) is 3.85. The molecule has 9 heteroatoms. The van der Waals surface area contributed by atoms with E-state index in [1.165, 1.54) is 17.7 Å². The minimum absolute atomic E-state index is 0. The minimum atomic E-state index is 0. The number of rotatable bonds is 5. The van der Waals surface area contributed by atoms with Crippen LogP contribution in [0.15, 0.2) is 20.9 Å². The van der Waals surface area contributed by atoms with Gasteiger partial charge in [0.15, 0.2) is 11.8 Å². The second-order valence-corrected chi connectivity index (χ2v) is 8.39. The van der Waals surface area contributed by atoms with E-state index < -0.39 is 0 Å². The molecule has 0 aromatic carbocycles. The van der Waals surface area contributed by atoms with Gasteiger partial charge in [0.1, 0.15) is 12.4 Å². The number of nitrogens with one attached hydrogen (secondary N) is 1. The van der Waals surface area contributed by atoms with Crippen LogP contribution < -0.4 is 5.32 Å². The Labute approximate surface area is 171 Å². The lowest BCUT2D eigenvalue weighted by Gasteiger charge is -2.21. The van der Waals surface area contributed by atoms with Crippen molar-refractivity contribution in [1.82, 2.24) is 25.0 Å². The van der Waals surface area contributed by atoms with E-state index in [-0.39, 0.29) is 24.0 Å². The third kappa shape index (κ3) is 5.16. The zero-order valence-corrected chi connectivity index (χ0v) is 18.7. The van der Waals surface area contributed by atoms with Gasteiger partial charge >= 0.3 is 0 Å². The summed E-state index contributed by atoms with van der Waals surface area (Å²) in [5.41, 5.74) is 0. The Morgan fingerprint density at radius 1 is 1.46 bits per heavy atom. The summed E-state index contributed by atoms with van der Waals surface area (Å²) in [6.45, 7) is 3.32. The zero-order valence-electron chi connectivity index (χ0n) is 14.0. The van der Waals surface area contributed by atoms with E-state index in [0.717, 1.165) is 27.9 Å². The van der Waals surface area contributed by atoms with Crippen LogP contribution >= 0.6 is 51.2 Å². The molecule has 0 spiro atoms. The van der Waals surface area contributed by atoms with Crippen LogP contribution in [0.25, 0.3) is 0 Å². The molecule has 1 aliphatic rings. The molecule has 0 atom stereocenters. The first-order valence-electron chi connectivity index (χ1n) is 7.64. The highest BCUT2D eigenvalue weighted by Gasteiger charge is 2.24. The van der Waals surface area contributed by atoms with Crippen LogP contribution in [-0.2, 0) is 20.1 Å². The number of halogens is 2. The Morgan fingerprint density at radius 3 is 2.75 bits per heavy atom. The van der Waals surface area contributed by atoms with Gasteiger partial charge in [0.05, 0.1) is 10.3 Å². The number of nitrogens with zero attached hydrogens (tertiary/aromatic N) is 5. The second-order valence-electron chi connectivity index (χ2n) is 5.84. The molecule has 0 radical (unpaired) electrons. The zero-order chi connectivity index (χ0) is 16.4. The first-order chi connectivity index (χ1) is 11.0. The number of hydrogen-bond donors (Lipinski definition) is 1. The summed E-state index contributed by atoms with van der Waals surface area (Å²) in [5.74, 6) is 2.71. The molecule has 0 unspecified atom stereocenters. The molecule has 0 aliphatic heterocycles. The van der Waals surface area contributed by atoms with Gasteiger partial charge in [-0.25, -0.2) is 4.99 Å². The van der Waals surface area contributed by atoms with Crippen LogP contribution in [0.1, 0.15) is 29.4 Å². The Kier molecular flexibility index (Phi) is 7.05.